The van der Waals surface area contributed by atoms with Crippen molar-refractivity contribution < 1.29 is 0 Å². The summed E-state index contributed by atoms with van der Waals surface area (Å²) in [7, 11) is 0. The normalized spacial score (nSPS) is 18.6. The molecule has 2 rings (SSSR count). The van der Waals surface area contributed by atoms with E-state index in [1.807, 2.05) is 4.68 Å². The van der Waals surface area contributed by atoms with Crippen molar-refractivity contribution in [2.75, 3.05) is 0 Å². The molecule has 1 aliphatic rings. The number of hydrogen-bond acceptors (Lipinski definition) is 4. The molecule has 0 aromatic carbocycles. The van der Waals surface area contributed by atoms with Crippen LogP contribution in [-0.2, 0) is 6.54 Å². The highest BCUT2D eigenvalue weighted by Crippen LogP contribution is 2.26. The SMILES string of the molecule is CCC(C#N)(CCCn1cncn1)NC1CC1. The van der Waals surface area contributed by atoms with Crippen LogP contribution in [-0.4, -0.2) is 26.3 Å². The number of nitriles is 1. The Morgan fingerprint density at radius 3 is 2.94 bits per heavy atom. The molecule has 1 fully saturated rings. The van der Waals surface area contributed by atoms with Crippen LogP contribution in [0.15, 0.2) is 12.7 Å². The van der Waals surface area contributed by atoms with Crippen LogP contribution in [0.2, 0.25) is 0 Å². The van der Waals surface area contributed by atoms with Gasteiger partial charge < -0.3 is 0 Å². The van der Waals surface area contributed by atoms with Gasteiger partial charge in [-0.1, -0.05) is 6.92 Å². The van der Waals surface area contributed by atoms with Crippen LogP contribution in [0.1, 0.15) is 39.0 Å². The molecule has 0 aliphatic heterocycles. The van der Waals surface area contributed by atoms with Crippen molar-refractivity contribution in [1.82, 2.24) is 20.1 Å². The summed E-state index contributed by atoms with van der Waals surface area (Å²) >= 11 is 0. The molecule has 0 amide bonds. The lowest BCUT2D eigenvalue weighted by molar-refractivity contribution is 0.348. The Morgan fingerprint density at radius 1 is 1.59 bits per heavy atom. The van der Waals surface area contributed by atoms with Gasteiger partial charge in [0.25, 0.3) is 0 Å². The van der Waals surface area contributed by atoms with Crippen molar-refractivity contribution in [2.24, 2.45) is 0 Å². The second-order valence-corrected chi connectivity index (χ2v) is 4.73. The molecule has 1 aromatic heterocycles. The van der Waals surface area contributed by atoms with Crippen LogP contribution >= 0.6 is 0 Å². The summed E-state index contributed by atoms with van der Waals surface area (Å²) in [5, 5.41) is 16.9. The van der Waals surface area contributed by atoms with Gasteiger partial charge in [-0.15, -0.1) is 0 Å². The lowest BCUT2D eigenvalue weighted by atomic mass is 9.92. The van der Waals surface area contributed by atoms with E-state index in [1.54, 1.807) is 12.7 Å². The zero-order valence-electron chi connectivity index (χ0n) is 10.3. The fraction of sp³-hybridized carbons (Fsp3) is 0.750. The van der Waals surface area contributed by atoms with Crippen LogP contribution in [0, 0.1) is 11.3 Å². The topological polar surface area (TPSA) is 66.5 Å². The van der Waals surface area contributed by atoms with Gasteiger partial charge in [0, 0.05) is 12.6 Å². The Bertz CT molecular complexity index is 376. The zero-order valence-corrected chi connectivity index (χ0v) is 10.3. The van der Waals surface area contributed by atoms with Crippen LogP contribution in [0.5, 0.6) is 0 Å². The van der Waals surface area contributed by atoms with E-state index in [9.17, 15) is 5.26 Å². The molecule has 92 valence electrons. The Morgan fingerprint density at radius 2 is 2.41 bits per heavy atom. The highest BCUT2D eigenvalue weighted by atomic mass is 15.3. The Hall–Kier alpha value is -1.41. The Balaban J connectivity index is 1.82. The summed E-state index contributed by atoms with van der Waals surface area (Å²) in [6.07, 6.45) is 8.37. The Kier molecular flexibility index (Phi) is 3.75. The van der Waals surface area contributed by atoms with Crippen LogP contribution < -0.4 is 5.32 Å². The van der Waals surface area contributed by atoms with Gasteiger partial charge in [0.05, 0.1) is 6.07 Å². The minimum absolute atomic E-state index is 0.345. The molecule has 1 atom stereocenters. The molecule has 1 aliphatic carbocycles. The van der Waals surface area contributed by atoms with Gasteiger partial charge in [-0.3, -0.25) is 10.00 Å². The highest BCUT2D eigenvalue weighted by molar-refractivity contribution is 5.09. The predicted molar refractivity (Wildman–Crippen MR) is 64.0 cm³/mol. The smallest absolute Gasteiger partial charge is 0.137 e. The predicted octanol–water partition coefficient (Wildman–Crippen LogP) is 1.48. The van der Waals surface area contributed by atoms with E-state index < -0.39 is 0 Å². The van der Waals surface area contributed by atoms with Crippen LogP contribution in [0.4, 0.5) is 0 Å². The largest absolute Gasteiger partial charge is 0.297 e. The number of nitrogens with zero attached hydrogens (tertiary/aromatic N) is 4. The van der Waals surface area contributed by atoms with Crippen molar-refractivity contribution in [3.8, 4) is 6.07 Å². The van der Waals surface area contributed by atoms with Crippen molar-refractivity contribution in [3.63, 3.8) is 0 Å². The molecule has 0 bridgehead atoms. The molecule has 1 unspecified atom stereocenters. The van der Waals surface area contributed by atoms with Crippen molar-refractivity contribution in [1.29, 1.82) is 5.26 Å². The first-order chi connectivity index (χ1) is 8.28. The lowest BCUT2D eigenvalue weighted by Crippen LogP contribution is -2.44. The van der Waals surface area contributed by atoms with Gasteiger partial charge in [-0.05, 0) is 32.1 Å². The molecule has 0 radical (unpaired) electrons. The molecule has 0 saturated heterocycles. The molecule has 5 heteroatoms. The van der Waals surface area contributed by atoms with E-state index in [1.165, 1.54) is 12.8 Å². The van der Waals surface area contributed by atoms with Gasteiger partial charge in [0.15, 0.2) is 0 Å². The molecule has 17 heavy (non-hydrogen) atoms. The number of hydrogen-bond donors (Lipinski definition) is 1. The molecule has 1 heterocycles. The van der Waals surface area contributed by atoms with Crippen molar-refractivity contribution >= 4 is 0 Å². The van der Waals surface area contributed by atoms with Gasteiger partial charge in [-0.25, -0.2) is 4.98 Å². The maximum atomic E-state index is 9.36. The van der Waals surface area contributed by atoms with E-state index in [4.69, 9.17) is 0 Å². The number of aryl methyl sites for hydroxylation is 1. The third-order valence-corrected chi connectivity index (χ3v) is 3.33. The quantitative estimate of drug-likeness (QED) is 0.774. The molecule has 1 N–H and O–H groups in total. The van der Waals surface area contributed by atoms with E-state index in [0.29, 0.717) is 6.04 Å². The van der Waals surface area contributed by atoms with E-state index >= 15 is 0 Å². The molecule has 5 nitrogen and oxygen atoms in total. The fourth-order valence-electron chi connectivity index (χ4n) is 2.03. The second kappa shape index (κ2) is 5.28. The number of aromatic nitrogens is 3. The van der Waals surface area contributed by atoms with Crippen molar-refractivity contribution in [2.45, 2.75) is 57.2 Å². The zero-order chi connectivity index (χ0) is 12.1. The van der Waals surface area contributed by atoms with Gasteiger partial charge in [0.1, 0.15) is 18.2 Å². The summed E-state index contributed by atoms with van der Waals surface area (Å²) in [5.74, 6) is 0. The third-order valence-electron chi connectivity index (χ3n) is 3.33. The maximum absolute atomic E-state index is 9.36. The standard InChI is InChI=1S/C12H19N5/c1-2-12(8-13,16-11-4-5-11)6-3-7-17-10-14-9-15-17/h9-11,16H,2-7H2,1H3. The molecule has 1 aromatic rings. The van der Waals surface area contributed by atoms with Crippen LogP contribution in [0.3, 0.4) is 0 Å². The Labute approximate surface area is 102 Å². The average Bonchev–Trinajstić information content (AvgIpc) is 3.01. The monoisotopic (exact) mass is 233 g/mol. The van der Waals surface area contributed by atoms with E-state index in [0.717, 1.165) is 25.8 Å². The lowest BCUT2D eigenvalue weighted by Gasteiger charge is -2.26. The van der Waals surface area contributed by atoms with E-state index in [-0.39, 0.29) is 5.54 Å². The summed E-state index contributed by atoms with van der Waals surface area (Å²) < 4.78 is 1.81. The fourth-order valence-corrected chi connectivity index (χ4v) is 2.03. The van der Waals surface area contributed by atoms with Crippen LogP contribution in [0.25, 0.3) is 0 Å². The van der Waals surface area contributed by atoms with Gasteiger partial charge in [-0.2, -0.15) is 10.4 Å². The average molecular weight is 233 g/mol. The summed E-state index contributed by atoms with van der Waals surface area (Å²) in [4.78, 5) is 3.91. The molecular formula is C12H19N5. The van der Waals surface area contributed by atoms with Gasteiger partial charge >= 0.3 is 0 Å². The van der Waals surface area contributed by atoms with E-state index in [2.05, 4.69) is 28.4 Å². The third kappa shape index (κ3) is 3.27. The number of nitrogens with one attached hydrogen (secondary N) is 1. The summed E-state index contributed by atoms with van der Waals surface area (Å²) in [5.41, 5.74) is -0.345. The molecule has 0 spiro atoms. The van der Waals surface area contributed by atoms with Gasteiger partial charge in [0.2, 0.25) is 0 Å². The molecular weight excluding hydrogens is 214 g/mol. The first-order valence-electron chi connectivity index (χ1n) is 6.29. The molecule has 1 saturated carbocycles. The minimum atomic E-state index is -0.345. The summed E-state index contributed by atoms with van der Waals surface area (Å²) in [6, 6.07) is 3.03. The maximum Gasteiger partial charge on any atom is 0.137 e. The van der Waals surface area contributed by atoms with Crippen molar-refractivity contribution in [3.05, 3.63) is 12.7 Å². The minimum Gasteiger partial charge on any atom is -0.297 e. The number of rotatable bonds is 7. The highest BCUT2D eigenvalue weighted by Gasteiger charge is 2.34. The second-order valence-electron chi connectivity index (χ2n) is 4.73. The first kappa shape index (κ1) is 12.1. The summed E-state index contributed by atoms with van der Waals surface area (Å²) in [6.45, 7) is 2.91. The first-order valence-corrected chi connectivity index (χ1v) is 6.29.